The summed E-state index contributed by atoms with van der Waals surface area (Å²) in [5, 5.41) is 0. The van der Waals surface area contributed by atoms with Gasteiger partial charge in [-0.3, -0.25) is 14.1 Å². The van der Waals surface area contributed by atoms with Crippen LogP contribution in [0.5, 0.6) is 0 Å². The average Bonchev–Trinajstić information content (AvgIpc) is 2.28. The van der Waals surface area contributed by atoms with E-state index in [1.807, 2.05) is 0 Å². The van der Waals surface area contributed by atoms with Crippen LogP contribution < -0.4 is 11.5 Å². The SMILES string of the molecule is C=CC(N)=O.NC(=O)c1ccccc1S(=O)(=O)O. The lowest BCUT2D eigenvalue weighted by Gasteiger charge is -2.01. The molecule has 98 valence electrons. The lowest BCUT2D eigenvalue weighted by molar-refractivity contribution is -0.113. The van der Waals surface area contributed by atoms with Gasteiger partial charge in [-0.1, -0.05) is 18.7 Å². The lowest BCUT2D eigenvalue weighted by Crippen LogP contribution is -2.15. The first-order chi connectivity index (χ1) is 8.20. The Bertz CT molecular complexity index is 565. The third-order valence-electron chi connectivity index (χ3n) is 1.63. The largest absolute Gasteiger partial charge is 0.366 e. The van der Waals surface area contributed by atoms with Crippen molar-refractivity contribution in [2.45, 2.75) is 4.90 Å². The van der Waals surface area contributed by atoms with Gasteiger partial charge in [-0.15, -0.1) is 0 Å². The number of hydrogen-bond donors (Lipinski definition) is 3. The van der Waals surface area contributed by atoms with Gasteiger partial charge in [0.2, 0.25) is 11.8 Å². The van der Waals surface area contributed by atoms with E-state index in [1.54, 1.807) is 0 Å². The predicted octanol–water partition coefficient (Wildman–Crippen LogP) is -0.310. The van der Waals surface area contributed by atoms with E-state index in [2.05, 4.69) is 12.3 Å². The summed E-state index contributed by atoms with van der Waals surface area (Å²) in [4.78, 5) is 19.7. The van der Waals surface area contributed by atoms with Crippen LogP contribution in [-0.4, -0.2) is 24.8 Å². The Morgan fingerprint density at radius 3 is 1.94 bits per heavy atom. The van der Waals surface area contributed by atoms with Crippen LogP contribution in [0.2, 0.25) is 0 Å². The molecule has 1 rings (SSSR count). The second-order valence-electron chi connectivity index (χ2n) is 2.94. The minimum absolute atomic E-state index is 0.218. The molecule has 0 heterocycles. The van der Waals surface area contributed by atoms with Crippen LogP contribution in [-0.2, 0) is 14.9 Å². The van der Waals surface area contributed by atoms with E-state index in [4.69, 9.17) is 10.3 Å². The van der Waals surface area contributed by atoms with Crippen molar-refractivity contribution in [3.63, 3.8) is 0 Å². The number of nitrogens with two attached hydrogens (primary N) is 2. The van der Waals surface area contributed by atoms with Gasteiger partial charge in [0.15, 0.2) is 0 Å². The number of carbonyl (C=O) groups is 2. The van der Waals surface area contributed by atoms with E-state index in [9.17, 15) is 18.0 Å². The van der Waals surface area contributed by atoms with Crippen molar-refractivity contribution >= 4 is 21.9 Å². The molecule has 0 saturated heterocycles. The zero-order valence-electron chi connectivity index (χ0n) is 9.24. The molecule has 0 aliphatic carbocycles. The van der Waals surface area contributed by atoms with Crippen LogP contribution in [0, 0.1) is 0 Å². The molecule has 0 spiro atoms. The van der Waals surface area contributed by atoms with E-state index in [0.717, 1.165) is 12.1 Å². The Labute approximate surface area is 104 Å². The molecule has 0 unspecified atom stereocenters. The standard InChI is InChI=1S/C7H7NO4S.C3H5NO/c8-7(9)5-3-1-2-4-6(5)13(10,11)12;1-2-3(4)5/h1-4H,(H2,8,9)(H,10,11,12);2H,1H2,(H2,4,5). The van der Waals surface area contributed by atoms with Gasteiger partial charge in [0.1, 0.15) is 4.90 Å². The first-order valence-electron chi connectivity index (χ1n) is 4.48. The van der Waals surface area contributed by atoms with Gasteiger partial charge in [0.05, 0.1) is 5.56 Å². The zero-order chi connectivity index (χ0) is 14.3. The van der Waals surface area contributed by atoms with Gasteiger partial charge in [-0.05, 0) is 18.2 Å². The number of benzene rings is 1. The van der Waals surface area contributed by atoms with Crippen molar-refractivity contribution in [3.8, 4) is 0 Å². The van der Waals surface area contributed by atoms with E-state index in [1.165, 1.54) is 18.2 Å². The van der Waals surface area contributed by atoms with E-state index in [0.29, 0.717) is 0 Å². The fourth-order valence-corrected chi connectivity index (χ4v) is 1.59. The molecule has 0 aromatic heterocycles. The Hall–Kier alpha value is -2.19. The molecule has 0 fully saturated rings. The highest BCUT2D eigenvalue weighted by atomic mass is 32.2. The van der Waals surface area contributed by atoms with Crippen molar-refractivity contribution < 1.29 is 22.6 Å². The Kier molecular flexibility index (Phi) is 5.73. The molecule has 1 aromatic rings. The smallest absolute Gasteiger partial charge is 0.295 e. The van der Waals surface area contributed by atoms with Crippen molar-refractivity contribution in [1.29, 1.82) is 0 Å². The minimum Gasteiger partial charge on any atom is -0.366 e. The highest BCUT2D eigenvalue weighted by Gasteiger charge is 2.17. The summed E-state index contributed by atoms with van der Waals surface area (Å²) < 4.78 is 30.1. The number of rotatable bonds is 3. The number of carbonyl (C=O) groups excluding carboxylic acids is 2. The summed E-state index contributed by atoms with van der Waals surface area (Å²) >= 11 is 0. The normalized spacial score (nSPS) is 9.83. The summed E-state index contributed by atoms with van der Waals surface area (Å²) in [6, 6.07) is 5.17. The minimum atomic E-state index is -4.38. The molecular formula is C10H12N2O5S. The molecule has 7 nitrogen and oxygen atoms in total. The third-order valence-corrected chi connectivity index (χ3v) is 2.54. The average molecular weight is 272 g/mol. The highest BCUT2D eigenvalue weighted by Crippen LogP contribution is 2.13. The second-order valence-corrected chi connectivity index (χ2v) is 4.33. The van der Waals surface area contributed by atoms with Gasteiger partial charge in [-0.2, -0.15) is 8.42 Å². The molecule has 8 heteroatoms. The maximum atomic E-state index is 10.7. The molecular weight excluding hydrogens is 260 g/mol. The molecule has 2 amide bonds. The van der Waals surface area contributed by atoms with E-state index >= 15 is 0 Å². The lowest BCUT2D eigenvalue weighted by atomic mass is 10.2. The molecule has 0 bridgehead atoms. The van der Waals surface area contributed by atoms with Gasteiger partial charge in [0, 0.05) is 0 Å². The fraction of sp³-hybridized carbons (Fsp3) is 0. The quantitative estimate of drug-likeness (QED) is 0.511. The van der Waals surface area contributed by atoms with Crippen LogP contribution in [0.3, 0.4) is 0 Å². The van der Waals surface area contributed by atoms with Crippen LogP contribution in [0.4, 0.5) is 0 Å². The zero-order valence-corrected chi connectivity index (χ0v) is 10.1. The van der Waals surface area contributed by atoms with Gasteiger partial charge in [0.25, 0.3) is 10.1 Å². The molecule has 1 aromatic carbocycles. The van der Waals surface area contributed by atoms with Crippen LogP contribution >= 0.6 is 0 Å². The summed E-state index contributed by atoms with van der Waals surface area (Å²) in [6.45, 7) is 3.09. The molecule has 0 aliphatic heterocycles. The van der Waals surface area contributed by atoms with Gasteiger partial charge < -0.3 is 11.5 Å². The fourth-order valence-electron chi connectivity index (χ4n) is 0.895. The molecule has 0 atom stereocenters. The summed E-state index contributed by atoms with van der Waals surface area (Å²) in [7, 11) is -4.38. The first-order valence-corrected chi connectivity index (χ1v) is 5.92. The van der Waals surface area contributed by atoms with Crippen LogP contribution in [0.1, 0.15) is 10.4 Å². The monoisotopic (exact) mass is 272 g/mol. The van der Waals surface area contributed by atoms with Gasteiger partial charge in [-0.25, -0.2) is 0 Å². The number of primary amides is 2. The number of hydrogen-bond acceptors (Lipinski definition) is 4. The van der Waals surface area contributed by atoms with Crippen molar-refractivity contribution in [2.24, 2.45) is 11.5 Å². The Morgan fingerprint density at radius 1 is 1.22 bits per heavy atom. The topological polar surface area (TPSA) is 141 Å². The molecule has 5 N–H and O–H groups in total. The van der Waals surface area contributed by atoms with Crippen LogP contribution in [0.25, 0.3) is 0 Å². The first kappa shape index (κ1) is 15.8. The van der Waals surface area contributed by atoms with Crippen molar-refractivity contribution in [2.75, 3.05) is 0 Å². The van der Waals surface area contributed by atoms with E-state index in [-0.39, 0.29) is 5.56 Å². The van der Waals surface area contributed by atoms with Crippen LogP contribution in [0.15, 0.2) is 41.8 Å². The maximum absolute atomic E-state index is 10.7. The third kappa shape index (κ3) is 5.23. The predicted molar refractivity (Wildman–Crippen MR) is 64.2 cm³/mol. The summed E-state index contributed by atoms with van der Waals surface area (Å²) in [5.74, 6) is -1.38. The van der Waals surface area contributed by atoms with E-state index < -0.39 is 26.8 Å². The molecule has 0 saturated carbocycles. The summed E-state index contributed by atoms with van der Waals surface area (Å²) in [6.07, 6.45) is 1.06. The molecule has 0 aliphatic rings. The maximum Gasteiger partial charge on any atom is 0.295 e. The van der Waals surface area contributed by atoms with Gasteiger partial charge >= 0.3 is 0 Å². The molecule has 0 radical (unpaired) electrons. The Balaban J connectivity index is 0.000000494. The summed E-state index contributed by atoms with van der Waals surface area (Å²) in [5.41, 5.74) is 9.21. The number of amides is 2. The Morgan fingerprint density at radius 2 is 1.67 bits per heavy atom. The van der Waals surface area contributed by atoms with Crippen molar-refractivity contribution in [3.05, 3.63) is 42.5 Å². The molecule has 18 heavy (non-hydrogen) atoms. The van der Waals surface area contributed by atoms with Crippen molar-refractivity contribution in [1.82, 2.24) is 0 Å². The second kappa shape index (κ2) is 6.52. The highest BCUT2D eigenvalue weighted by molar-refractivity contribution is 7.86.